The lowest BCUT2D eigenvalue weighted by molar-refractivity contribution is -0.125. The molecule has 0 aromatic heterocycles. The molecule has 6 nitrogen and oxygen atoms in total. The van der Waals surface area contributed by atoms with Crippen LogP contribution in [0.3, 0.4) is 0 Å². The molecule has 0 fully saturated rings. The maximum atomic E-state index is 10.6. The van der Waals surface area contributed by atoms with Crippen LogP contribution < -0.4 is 20.5 Å². The summed E-state index contributed by atoms with van der Waals surface area (Å²) in [5.74, 6) is 0.627. The van der Waals surface area contributed by atoms with E-state index in [1.54, 1.807) is 0 Å². The van der Waals surface area contributed by atoms with Gasteiger partial charge in [0.2, 0.25) is 12.7 Å². The average molecular weight is 317 g/mol. The summed E-state index contributed by atoms with van der Waals surface area (Å²) >= 11 is 3.39. The standard InChI is InChI=1S/C11H13BrN2O4/c12-7-1-6(2-9-10(7)18-5-17-9)3-14-4-8(15)11(13)16/h1-2,8,14-15H,3-5H2,(H2,13,16). The number of hydrogen-bond acceptors (Lipinski definition) is 5. The monoisotopic (exact) mass is 316 g/mol. The van der Waals surface area contributed by atoms with Crippen molar-refractivity contribution in [3.05, 3.63) is 22.2 Å². The number of aliphatic hydroxyl groups is 1. The Morgan fingerprint density at radius 3 is 3.06 bits per heavy atom. The first-order chi connectivity index (χ1) is 8.58. The Balaban J connectivity index is 1.94. The van der Waals surface area contributed by atoms with E-state index >= 15 is 0 Å². The maximum absolute atomic E-state index is 10.6. The maximum Gasteiger partial charge on any atom is 0.247 e. The van der Waals surface area contributed by atoms with Gasteiger partial charge in [0.25, 0.3) is 0 Å². The summed E-state index contributed by atoms with van der Waals surface area (Å²) in [5, 5.41) is 12.2. The molecule has 1 unspecified atom stereocenters. The van der Waals surface area contributed by atoms with E-state index in [-0.39, 0.29) is 13.3 Å². The number of rotatable bonds is 5. The van der Waals surface area contributed by atoms with Gasteiger partial charge in [-0.15, -0.1) is 0 Å². The normalized spacial score (nSPS) is 14.6. The third-order valence-corrected chi connectivity index (χ3v) is 3.07. The number of benzene rings is 1. The van der Waals surface area contributed by atoms with E-state index < -0.39 is 12.0 Å². The molecule has 1 aliphatic rings. The van der Waals surface area contributed by atoms with E-state index in [4.69, 9.17) is 15.2 Å². The number of halogens is 1. The molecule has 1 aliphatic heterocycles. The van der Waals surface area contributed by atoms with Crippen LogP contribution in [0.15, 0.2) is 16.6 Å². The highest BCUT2D eigenvalue weighted by molar-refractivity contribution is 9.10. The van der Waals surface area contributed by atoms with Crippen molar-refractivity contribution < 1.29 is 19.4 Å². The Labute approximate surface area is 112 Å². The van der Waals surface area contributed by atoms with Crippen LogP contribution in [0.1, 0.15) is 5.56 Å². The molecule has 0 bridgehead atoms. The molecule has 1 aromatic carbocycles. The van der Waals surface area contributed by atoms with Crippen LogP contribution in [0.5, 0.6) is 11.5 Å². The van der Waals surface area contributed by atoms with E-state index in [2.05, 4.69) is 21.2 Å². The van der Waals surface area contributed by atoms with Crippen molar-refractivity contribution in [1.29, 1.82) is 0 Å². The number of nitrogens with two attached hydrogens (primary N) is 1. The number of fused-ring (bicyclic) bond motifs is 1. The smallest absolute Gasteiger partial charge is 0.247 e. The van der Waals surface area contributed by atoms with Crippen LogP contribution >= 0.6 is 15.9 Å². The second-order valence-electron chi connectivity index (χ2n) is 3.86. The Morgan fingerprint density at radius 1 is 1.56 bits per heavy atom. The van der Waals surface area contributed by atoms with Crippen molar-refractivity contribution in [2.75, 3.05) is 13.3 Å². The number of nitrogens with one attached hydrogen (secondary N) is 1. The summed E-state index contributed by atoms with van der Waals surface area (Å²) in [6.45, 7) is 0.812. The summed E-state index contributed by atoms with van der Waals surface area (Å²) in [4.78, 5) is 10.6. The molecular weight excluding hydrogens is 304 g/mol. The van der Waals surface area contributed by atoms with Gasteiger partial charge in [0.05, 0.1) is 4.47 Å². The number of amides is 1. The van der Waals surface area contributed by atoms with Gasteiger partial charge in [-0.2, -0.15) is 0 Å². The highest BCUT2D eigenvalue weighted by Crippen LogP contribution is 2.39. The van der Waals surface area contributed by atoms with E-state index in [1.807, 2.05) is 12.1 Å². The topological polar surface area (TPSA) is 93.8 Å². The van der Waals surface area contributed by atoms with Crippen molar-refractivity contribution in [3.63, 3.8) is 0 Å². The SMILES string of the molecule is NC(=O)C(O)CNCc1cc(Br)c2c(c1)OCO2. The summed E-state index contributed by atoms with van der Waals surface area (Å²) in [6.07, 6.45) is -1.18. The van der Waals surface area contributed by atoms with E-state index in [0.29, 0.717) is 18.0 Å². The largest absolute Gasteiger partial charge is 0.454 e. The molecule has 0 saturated heterocycles. The van der Waals surface area contributed by atoms with Gasteiger partial charge in [-0.05, 0) is 33.6 Å². The number of hydrogen-bond donors (Lipinski definition) is 3. The minimum absolute atomic E-state index is 0.112. The molecule has 0 radical (unpaired) electrons. The van der Waals surface area contributed by atoms with Gasteiger partial charge in [-0.3, -0.25) is 4.79 Å². The number of aliphatic hydroxyl groups excluding tert-OH is 1. The minimum atomic E-state index is -1.18. The number of ether oxygens (including phenoxy) is 2. The number of carbonyl (C=O) groups is 1. The van der Waals surface area contributed by atoms with Crippen molar-refractivity contribution in [2.24, 2.45) is 5.73 Å². The molecular formula is C11H13BrN2O4. The van der Waals surface area contributed by atoms with E-state index in [0.717, 1.165) is 10.0 Å². The number of primary amides is 1. The first-order valence-electron chi connectivity index (χ1n) is 5.34. The molecule has 2 rings (SSSR count). The first-order valence-corrected chi connectivity index (χ1v) is 6.13. The molecule has 1 heterocycles. The van der Waals surface area contributed by atoms with E-state index in [9.17, 15) is 9.90 Å². The fourth-order valence-electron chi connectivity index (χ4n) is 1.58. The van der Waals surface area contributed by atoms with Crippen molar-refractivity contribution in [2.45, 2.75) is 12.6 Å². The molecule has 0 saturated carbocycles. The molecule has 0 aliphatic carbocycles. The predicted octanol–water partition coefficient (Wildman–Crippen LogP) is 0.114. The molecule has 7 heteroatoms. The van der Waals surface area contributed by atoms with Crippen LogP contribution in [0.2, 0.25) is 0 Å². The minimum Gasteiger partial charge on any atom is -0.454 e. The average Bonchev–Trinajstić information content (AvgIpc) is 2.77. The zero-order valence-corrected chi connectivity index (χ0v) is 11.1. The predicted molar refractivity (Wildman–Crippen MR) is 67.2 cm³/mol. The molecule has 1 amide bonds. The lowest BCUT2D eigenvalue weighted by Gasteiger charge is -2.09. The summed E-state index contributed by atoms with van der Waals surface area (Å²) in [7, 11) is 0. The highest BCUT2D eigenvalue weighted by atomic mass is 79.9. The Bertz CT molecular complexity index is 467. The van der Waals surface area contributed by atoms with Crippen LogP contribution in [0, 0.1) is 0 Å². The number of carbonyl (C=O) groups excluding carboxylic acids is 1. The lowest BCUT2D eigenvalue weighted by Crippen LogP contribution is -2.37. The van der Waals surface area contributed by atoms with Gasteiger partial charge in [0.15, 0.2) is 11.5 Å². The molecule has 1 atom stereocenters. The van der Waals surface area contributed by atoms with Gasteiger partial charge < -0.3 is 25.6 Å². The third-order valence-electron chi connectivity index (χ3n) is 2.48. The molecule has 0 spiro atoms. The molecule has 1 aromatic rings. The molecule has 4 N–H and O–H groups in total. The lowest BCUT2D eigenvalue weighted by atomic mass is 10.2. The summed E-state index contributed by atoms with van der Waals surface area (Å²) in [5.41, 5.74) is 5.89. The van der Waals surface area contributed by atoms with Crippen LogP contribution in [-0.4, -0.2) is 30.5 Å². The Morgan fingerprint density at radius 2 is 2.33 bits per heavy atom. The Hall–Kier alpha value is -1.31. The zero-order valence-electron chi connectivity index (χ0n) is 9.48. The van der Waals surface area contributed by atoms with Gasteiger partial charge in [-0.1, -0.05) is 0 Å². The molecule has 98 valence electrons. The third kappa shape index (κ3) is 2.92. The second-order valence-corrected chi connectivity index (χ2v) is 4.71. The van der Waals surface area contributed by atoms with Crippen LogP contribution in [-0.2, 0) is 11.3 Å². The van der Waals surface area contributed by atoms with Gasteiger partial charge in [0.1, 0.15) is 6.10 Å². The van der Waals surface area contributed by atoms with Gasteiger partial charge in [-0.25, -0.2) is 0 Å². The fourth-order valence-corrected chi connectivity index (χ4v) is 2.18. The molecule has 18 heavy (non-hydrogen) atoms. The fraction of sp³-hybridized carbons (Fsp3) is 0.364. The van der Waals surface area contributed by atoms with Gasteiger partial charge >= 0.3 is 0 Å². The van der Waals surface area contributed by atoms with Crippen molar-refractivity contribution in [3.8, 4) is 11.5 Å². The van der Waals surface area contributed by atoms with Gasteiger partial charge in [0, 0.05) is 13.1 Å². The van der Waals surface area contributed by atoms with Crippen molar-refractivity contribution in [1.82, 2.24) is 5.32 Å². The zero-order chi connectivity index (χ0) is 13.1. The van der Waals surface area contributed by atoms with E-state index in [1.165, 1.54) is 0 Å². The summed E-state index contributed by atoms with van der Waals surface area (Å²) in [6, 6.07) is 3.73. The summed E-state index contributed by atoms with van der Waals surface area (Å²) < 4.78 is 11.4. The second kappa shape index (κ2) is 5.55. The highest BCUT2D eigenvalue weighted by Gasteiger charge is 2.18. The van der Waals surface area contributed by atoms with Crippen LogP contribution in [0.25, 0.3) is 0 Å². The Kier molecular flexibility index (Phi) is 4.05. The van der Waals surface area contributed by atoms with Crippen molar-refractivity contribution >= 4 is 21.8 Å². The van der Waals surface area contributed by atoms with Crippen LogP contribution in [0.4, 0.5) is 0 Å². The first kappa shape index (κ1) is 13.1. The quantitative estimate of drug-likeness (QED) is 0.717.